The minimum absolute atomic E-state index is 0.668. The Hall–Kier alpha value is -0.530. The van der Waals surface area contributed by atoms with Gasteiger partial charge in [0.1, 0.15) is 0 Å². The molecule has 1 N–H and O–H groups in total. The summed E-state index contributed by atoms with van der Waals surface area (Å²) in [6.45, 7) is 0. The fourth-order valence-electron chi connectivity index (χ4n) is 1.95. The molecule has 2 rings (SSSR count). The van der Waals surface area contributed by atoms with Crippen LogP contribution < -0.4 is 5.32 Å². The highest BCUT2D eigenvalue weighted by molar-refractivity contribution is 6.30. The summed E-state index contributed by atoms with van der Waals surface area (Å²) in [5.41, 5.74) is 1.41. The van der Waals surface area contributed by atoms with Gasteiger partial charge in [0.25, 0.3) is 0 Å². The van der Waals surface area contributed by atoms with Gasteiger partial charge in [-0.1, -0.05) is 23.7 Å². The fourth-order valence-corrected chi connectivity index (χ4v) is 2.08. The molecular weight excluding hydrogens is 182 g/mol. The fraction of sp³-hybridized carbons (Fsp3) is 0.455. The predicted octanol–water partition coefficient (Wildman–Crippen LogP) is 2.81. The van der Waals surface area contributed by atoms with E-state index < -0.39 is 0 Å². The largest absolute Gasteiger partial charge is 0.316 e. The maximum Gasteiger partial charge on any atom is 0.0406 e. The molecule has 0 spiro atoms. The first-order valence-corrected chi connectivity index (χ1v) is 5.12. The van der Waals surface area contributed by atoms with Crippen molar-refractivity contribution in [1.29, 1.82) is 0 Å². The van der Waals surface area contributed by atoms with E-state index in [2.05, 4.69) is 17.4 Å². The van der Waals surface area contributed by atoms with Gasteiger partial charge >= 0.3 is 0 Å². The van der Waals surface area contributed by atoms with Crippen LogP contribution >= 0.6 is 11.6 Å². The lowest BCUT2D eigenvalue weighted by atomic mass is 9.75. The minimum Gasteiger partial charge on any atom is -0.316 e. The lowest BCUT2D eigenvalue weighted by molar-refractivity contribution is 0.300. The second kappa shape index (κ2) is 3.69. The third kappa shape index (κ3) is 1.72. The number of hydrogen-bond acceptors (Lipinski definition) is 1. The molecule has 1 nitrogen and oxygen atoms in total. The van der Waals surface area contributed by atoms with Gasteiger partial charge in [0.2, 0.25) is 0 Å². The van der Waals surface area contributed by atoms with Gasteiger partial charge in [-0.15, -0.1) is 0 Å². The number of benzene rings is 1. The van der Waals surface area contributed by atoms with Crippen molar-refractivity contribution in [2.75, 3.05) is 7.05 Å². The van der Waals surface area contributed by atoms with Crippen LogP contribution in [-0.4, -0.2) is 13.1 Å². The highest BCUT2D eigenvalue weighted by atomic mass is 35.5. The zero-order chi connectivity index (χ0) is 9.26. The lowest BCUT2D eigenvalue weighted by Crippen LogP contribution is -2.40. The molecule has 1 saturated carbocycles. The predicted molar refractivity (Wildman–Crippen MR) is 56.3 cm³/mol. The molecule has 1 aliphatic carbocycles. The summed E-state index contributed by atoms with van der Waals surface area (Å²) < 4.78 is 0. The van der Waals surface area contributed by atoms with Crippen molar-refractivity contribution in [1.82, 2.24) is 5.32 Å². The lowest BCUT2D eigenvalue weighted by Gasteiger charge is -2.36. The minimum atomic E-state index is 0.668. The summed E-state index contributed by atoms with van der Waals surface area (Å²) in [6.07, 6.45) is 2.59. The first kappa shape index (κ1) is 9.04. The summed E-state index contributed by atoms with van der Waals surface area (Å²) in [5.74, 6) is 0.697. The average Bonchev–Trinajstić information content (AvgIpc) is 2.08. The summed E-state index contributed by atoms with van der Waals surface area (Å²) in [4.78, 5) is 0. The van der Waals surface area contributed by atoms with E-state index >= 15 is 0 Å². The van der Waals surface area contributed by atoms with E-state index in [1.807, 2.05) is 19.2 Å². The van der Waals surface area contributed by atoms with Crippen LogP contribution in [0.1, 0.15) is 24.3 Å². The molecular formula is C11H14ClN. The van der Waals surface area contributed by atoms with Crippen LogP contribution in [0, 0.1) is 0 Å². The summed E-state index contributed by atoms with van der Waals surface area (Å²) >= 11 is 5.83. The van der Waals surface area contributed by atoms with Gasteiger partial charge in [-0.3, -0.25) is 0 Å². The molecule has 2 atom stereocenters. The maximum absolute atomic E-state index is 5.83. The van der Waals surface area contributed by atoms with E-state index in [0.717, 1.165) is 5.02 Å². The van der Waals surface area contributed by atoms with Crippen LogP contribution in [0.5, 0.6) is 0 Å². The van der Waals surface area contributed by atoms with Gasteiger partial charge in [-0.25, -0.2) is 0 Å². The van der Waals surface area contributed by atoms with Crippen LogP contribution in [0.15, 0.2) is 24.3 Å². The van der Waals surface area contributed by atoms with Crippen LogP contribution in [0.3, 0.4) is 0 Å². The smallest absolute Gasteiger partial charge is 0.0406 e. The molecule has 13 heavy (non-hydrogen) atoms. The van der Waals surface area contributed by atoms with E-state index in [-0.39, 0.29) is 0 Å². The topological polar surface area (TPSA) is 12.0 Å². The first-order chi connectivity index (χ1) is 6.31. The number of nitrogens with one attached hydrogen (secondary N) is 1. The standard InChI is InChI=1S/C11H14ClN/c1-13-11-7-6-10(11)8-2-4-9(12)5-3-8/h2-5,10-11,13H,6-7H2,1H3. The Morgan fingerprint density at radius 1 is 1.23 bits per heavy atom. The van der Waals surface area contributed by atoms with Crippen molar-refractivity contribution >= 4 is 11.6 Å². The van der Waals surface area contributed by atoms with Crippen molar-refractivity contribution in [2.24, 2.45) is 0 Å². The third-order valence-electron chi connectivity index (χ3n) is 2.94. The van der Waals surface area contributed by atoms with Crippen LogP contribution in [0.25, 0.3) is 0 Å². The maximum atomic E-state index is 5.83. The Morgan fingerprint density at radius 3 is 2.38 bits per heavy atom. The van der Waals surface area contributed by atoms with Gasteiger partial charge in [0.05, 0.1) is 0 Å². The Balaban J connectivity index is 2.12. The van der Waals surface area contributed by atoms with E-state index in [1.54, 1.807) is 0 Å². The molecule has 0 heterocycles. The van der Waals surface area contributed by atoms with Crippen LogP contribution in [0.2, 0.25) is 5.02 Å². The molecule has 0 aliphatic heterocycles. The average molecular weight is 196 g/mol. The molecule has 0 amide bonds. The van der Waals surface area contributed by atoms with Gasteiger partial charge in [-0.2, -0.15) is 0 Å². The number of rotatable bonds is 2. The highest BCUT2D eigenvalue weighted by Crippen LogP contribution is 2.36. The summed E-state index contributed by atoms with van der Waals surface area (Å²) in [7, 11) is 2.03. The number of halogens is 1. The zero-order valence-corrected chi connectivity index (χ0v) is 8.51. The van der Waals surface area contributed by atoms with Crippen molar-refractivity contribution in [2.45, 2.75) is 24.8 Å². The molecule has 0 bridgehead atoms. The highest BCUT2D eigenvalue weighted by Gasteiger charge is 2.30. The Morgan fingerprint density at radius 2 is 1.92 bits per heavy atom. The molecule has 1 aliphatic rings. The molecule has 1 fully saturated rings. The molecule has 1 aromatic rings. The monoisotopic (exact) mass is 195 g/mol. The van der Waals surface area contributed by atoms with Gasteiger partial charge in [0.15, 0.2) is 0 Å². The SMILES string of the molecule is CNC1CCC1c1ccc(Cl)cc1. The zero-order valence-electron chi connectivity index (χ0n) is 7.76. The third-order valence-corrected chi connectivity index (χ3v) is 3.20. The number of likely N-dealkylation sites (N-methyl/N-ethyl adjacent to an activating group) is 1. The van der Waals surface area contributed by atoms with Gasteiger partial charge < -0.3 is 5.32 Å². The first-order valence-electron chi connectivity index (χ1n) is 4.74. The van der Waals surface area contributed by atoms with Crippen LogP contribution in [-0.2, 0) is 0 Å². The molecule has 0 aromatic heterocycles. The second-order valence-corrected chi connectivity index (χ2v) is 4.07. The molecule has 0 saturated heterocycles. The Bertz CT molecular complexity index is 279. The van der Waals surface area contributed by atoms with Crippen molar-refractivity contribution < 1.29 is 0 Å². The Labute approximate surface area is 84.1 Å². The summed E-state index contributed by atoms with van der Waals surface area (Å²) in [5, 5.41) is 4.15. The molecule has 2 unspecified atom stereocenters. The van der Waals surface area contributed by atoms with Gasteiger partial charge in [0, 0.05) is 11.1 Å². The van der Waals surface area contributed by atoms with E-state index in [1.165, 1.54) is 18.4 Å². The quantitative estimate of drug-likeness (QED) is 0.766. The van der Waals surface area contributed by atoms with E-state index in [0.29, 0.717) is 12.0 Å². The number of hydrogen-bond donors (Lipinski definition) is 1. The van der Waals surface area contributed by atoms with Crippen LogP contribution in [0.4, 0.5) is 0 Å². The second-order valence-electron chi connectivity index (χ2n) is 3.63. The molecule has 1 aromatic carbocycles. The van der Waals surface area contributed by atoms with Crippen molar-refractivity contribution in [3.05, 3.63) is 34.9 Å². The molecule has 70 valence electrons. The Kier molecular flexibility index (Phi) is 2.56. The normalized spacial score (nSPS) is 26.9. The van der Waals surface area contributed by atoms with Crippen molar-refractivity contribution in [3.8, 4) is 0 Å². The van der Waals surface area contributed by atoms with E-state index in [9.17, 15) is 0 Å². The van der Waals surface area contributed by atoms with Gasteiger partial charge in [-0.05, 0) is 43.5 Å². The van der Waals surface area contributed by atoms with Crippen molar-refractivity contribution in [3.63, 3.8) is 0 Å². The van der Waals surface area contributed by atoms with E-state index in [4.69, 9.17) is 11.6 Å². The summed E-state index contributed by atoms with van der Waals surface area (Å²) in [6, 6.07) is 8.89. The molecule has 2 heteroatoms. The molecule has 0 radical (unpaired) electrons.